The molecule has 1 aromatic heterocycles. The van der Waals surface area contributed by atoms with Crippen LogP contribution in [0.25, 0.3) is 0 Å². The number of carbonyl (C=O) groups is 2. The Hall–Kier alpha value is -2.02. The van der Waals surface area contributed by atoms with Gasteiger partial charge in [0.15, 0.2) is 0 Å². The monoisotopic (exact) mass is 359 g/mol. The molecule has 2 N–H and O–H groups in total. The highest BCUT2D eigenvalue weighted by atomic mass is 16.2. The summed E-state index contributed by atoms with van der Waals surface area (Å²) in [5.41, 5.74) is 7.14. The summed E-state index contributed by atoms with van der Waals surface area (Å²) in [6, 6.07) is 0. The van der Waals surface area contributed by atoms with Crippen LogP contribution in [0.4, 0.5) is 0 Å². The van der Waals surface area contributed by atoms with Gasteiger partial charge in [-0.15, -0.1) is 0 Å². The van der Waals surface area contributed by atoms with E-state index >= 15 is 0 Å². The maximum atomic E-state index is 12.4. The van der Waals surface area contributed by atoms with E-state index in [9.17, 15) is 9.59 Å². The molecule has 2 amide bonds. The van der Waals surface area contributed by atoms with Gasteiger partial charge in [-0.1, -0.05) is 0 Å². The van der Waals surface area contributed by atoms with Gasteiger partial charge in [-0.05, 0) is 45.7 Å². The predicted molar refractivity (Wildman–Crippen MR) is 98.0 cm³/mol. The molecule has 1 spiro atoms. The highest BCUT2D eigenvalue weighted by Gasteiger charge is 2.41. The molecule has 2 aliphatic rings. The Morgan fingerprint density at radius 1 is 1.27 bits per heavy atom. The van der Waals surface area contributed by atoms with Crippen LogP contribution in [0.3, 0.4) is 0 Å². The number of likely N-dealkylation sites (tertiary alicyclic amines) is 2. The third-order valence-electron chi connectivity index (χ3n) is 5.57. The van der Waals surface area contributed by atoms with Crippen molar-refractivity contribution in [3.8, 4) is 0 Å². The maximum Gasteiger partial charge on any atom is 0.222 e. The number of hydrogen-bond acceptors (Lipinski definition) is 5. The molecule has 0 radical (unpaired) electrons. The number of aryl methyl sites for hydroxylation is 1. The molecule has 2 saturated heterocycles. The second kappa shape index (κ2) is 8.12. The van der Waals surface area contributed by atoms with Crippen LogP contribution >= 0.6 is 0 Å². The fraction of sp³-hybridized carbons (Fsp3) is 0.684. The lowest BCUT2D eigenvalue weighted by atomic mass is 9.73. The number of hydrogen-bond donors (Lipinski definition) is 1. The first-order chi connectivity index (χ1) is 12.5. The van der Waals surface area contributed by atoms with E-state index in [2.05, 4.69) is 14.9 Å². The molecule has 0 aliphatic carbocycles. The van der Waals surface area contributed by atoms with Gasteiger partial charge >= 0.3 is 0 Å². The highest BCUT2D eigenvalue weighted by molar-refractivity contribution is 5.77. The lowest BCUT2D eigenvalue weighted by molar-refractivity contribution is -0.140. The van der Waals surface area contributed by atoms with Crippen molar-refractivity contribution in [1.82, 2.24) is 19.8 Å². The van der Waals surface area contributed by atoms with Gasteiger partial charge in [0.2, 0.25) is 11.8 Å². The van der Waals surface area contributed by atoms with E-state index in [1.54, 1.807) is 12.4 Å². The Morgan fingerprint density at radius 2 is 2.12 bits per heavy atom. The van der Waals surface area contributed by atoms with Crippen LogP contribution in [-0.4, -0.2) is 57.8 Å². The molecule has 0 unspecified atom stereocenters. The first-order valence-electron chi connectivity index (χ1n) is 9.52. The Balaban J connectivity index is 1.61. The molecular formula is C19H29N5O2. The Labute approximate surface area is 155 Å². The highest BCUT2D eigenvalue weighted by Crippen LogP contribution is 2.39. The Kier molecular flexibility index (Phi) is 5.86. The molecule has 3 rings (SSSR count). The number of piperidine rings is 2. The van der Waals surface area contributed by atoms with Crippen molar-refractivity contribution < 1.29 is 9.59 Å². The summed E-state index contributed by atoms with van der Waals surface area (Å²) in [7, 11) is 0. The topological polar surface area (TPSA) is 92.4 Å². The fourth-order valence-electron chi connectivity index (χ4n) is 4.25. The summed E-state index contributed by atoms with van der Waals surface area (Å²) < 4.78 is 0. The fourth-order valence-corrected chi connectivity index (χ4v) is 4.25. The number of carbonyl (C=O) groups excluding carboxylic acids is 2. The van der Waals surface area contributed by atoms with Crippen molar-refractivity contribution >= 4 is 11.8 Å². The van der Waals surface area contributed by atoms with E-state index in [1.165, 1.54) is 0 Å². The molecule has 3 heterocycles. The minimum Gasteiger partial charge on any atom is -0.370 e. The average Bonchev–Trinajstić information content (AvgIpc) is 2.60. The number of primary amides is 1. The van der Waals surface area contributed by atoms with E-state index in [0.29, 0.717) is 19.4 Å². The van der Waals surface area contributed by atoms with Gasteiger partial charge in [0.25, 0.3) is 0 Å². The summed E-state index contributed by atoms with van der Waals surface area (Å²) >= 11 is 0. The van der Waals surface area contributed by atoms with E-state index in [4.69, 9.17) is 5.73 Å². The van der Waals surface area contributed by atoms with E-state index in [-0.39, 0.29) is 17.2 Å². The number of amides is 2. The smallest absolute Gasteiger partial charge is 0.222 e. The molecule has 7 heteroatoms. The van der Waals surface area contributed by atoms with Crippen LogP contribution in [0.5, 0.6) is 0 Å². The minimum absolute atomic E-state index is 0.164. The summed E-state index contributed by atoms with van der Waals surface area (Å²) in [6.45, 7) is 6.20. The SMILES string of the molecule is Cc1cnc(CN2C[C@@]3(CCCN(CCCC(N)=O)C3)CCC2=O)cn1. The quantitative estimate of drug-likeness (QED) is 0.825. The van der Waals surface area contributed by atoms with Gasteiger partial charge in [0.05, 0.1) is 24.1 Å². The summed E-state index contributed by atoms with van der Waals surface area (Å²) in [5, 5.41) is 0. The average molecular weight is 359 g/mol. The van der Waals surface area contributed by atoms with Crippen LogP contribution < -0.4 is 5.73 Å². The first-order valence-corrected chi connectivity index (χ1v) is 9.52. The minimum atomic E-state index is -0.231. The van der Waals surface area contributed by atoms with Crippen molar-refractivity contribution in [3.05, 3.63) is 23.8 Å². The van der Waals surface area contributed by atoms with Crippen molar-refractivity contribution in [3.63, 3.8) is 0 Å². The molecule has 26 heavy (non-hydrogen) atoms. The van der Waals surface area contributed by atoms with Crippen LogP contribution in [-0.2, 0) is 16.1 Å². The third kappa shape index (κ3) is 4.78. The Morgan fingerprint density at radius 3 is 2.85 bits per heavy atom. The second-order valence-corrected chi connectivity index (χ2v) is 7.85. The molecule has 2 fully saturated rings. The number of nitrogens with zero attached hydrogens (tertiary/aromatic N) is 4. The van der Waals surface area contributed by atoms with Gasteiger partial charge in [-0.2, -0.15) is 0 Å². The lowest BCUT2D eigenvalue weighted by Crippen LogP contribution is -2.53. The third-order valence-corrected chi connectivity index (χ3v) is 5.57. The van der Waals surface area contributed by atoms with Gasteiger partial charge < -0.3 is 15.5 Å². The van der Waals surface area contributed by atoms with E-state index in [0.717, 1.165) is 63.3 Å². The molecular weight excluding hydrogens is 330 g/mol. The van der Waals surface area contributed by atoms with Crippen molar-refractivity contribution in [2.45, 2.75) is 52.0 Å². The van der Waals surface area contributed by atoms with Crippen molar-refractivity contribution in [2.24, 2.45) is 11.1 Å². The number of aromatic nitrogens is 2. The van der Waals surface area contributed by atoms with Crippen LogP contribution in [0.15, 0.2) is 12.4 Å². The van der Waals surface area contributed by atoms with E-state index < -0.39 is 0 Å². The number of rotatable bonds is 6. The van der Waals surface area contributed by atoms with Gasteiger partial charge in [-0.25, -0.2) is 0 Å². The normalized spacial score (nSPS) is 24.2. The molecule has 1 aromatic rings. The van der Waals surface area contributed by atoms with Gasteiger partial charge in [0, 0.05) is 37.5 Å². The van der Waals surface area contributed by atoms with Crippen LogP contribution in [0.1, 0.15) is 49.9 Å². The molecule has 1 atom stereocenters. The second-order valence-electron chi connectivity index (χ2n) is 7.85. The largest absolute Gasteiger partial charge is 0.370 e. The Bertz CT molecular complexity index is 648. The summed E-state index contributed by atoms with van der Waals surface area (Å²) in [6.07, 6.45) is 8.63. The van der Waals surface area contributed by atoms with Crippen molar-refractivity contribution in [1.29, 1.82) is 0 Å². The standard InChI is InChI=1S/C19H29N5O2/c1-15-10-22-16(11-21-15)12-24-14-19(7-5-18(24)26)6-3-9-23(13-19)8-2-4-17(20)25/h10-11H,2-9,12-14H2,1H3,(H2,20,25)/t19-/m0/s1. The van der Waals surface area contributed by atoms with E-state index in [1.807, 2.05) is 11.8 Å². The lowest BCUT2D eigenvalue weighted by Gasteiger charge is -2.48. The zero-order chi connectivity index (χ0) is 18.6. The molecule has 142 valence electrons. The van der Waals surface area contributed by atoms with Gasteiger partial charge in [-0.3, -0.25) is 19.6 Å². The molecule has 0 bridgehead atoms. The molecule has 0 aromatic carbocycles. The molecule has 7 nitrogen and oxygen atoms in total. The van der Waals surface area contributed by atoms with Crippen LogP contribution in [0.2, 0.25) is 0 Å². The number of nitrogens with two attached hydrogens (primary N) is 1. The maximum absolute atomic E-state index is 12.4. The summed E-state index contributed by atoms with van der Waals surface area (Å²) in [4.78, 5) is 36.5. The van der Waals surface area contributed by atoms with Crippen molar-refractivity contribution in [2.75, 3.05) is 26.2 Å². The zero-order valence-electron chi connectivity index (χ0n) is 15.6. The molecule has 2 aliphatic heterocycles. The molecule has 0 saturated carbocycles. The first kappa shape index (κ1) is 18.8. The summed E-state index contributed by atoms with van der Waals surface area (Å²) in [5.74, 6) is -0.0192. The zero-order valence-corrected chi connectivity index (χ0v) is 15.6. The van der Waals surface area contributed by atoms with Gasteiger partial charge in [0.1, 0.15) is 0 Å². The van der Waals surface area contributed by atoms with Crippen LogP contribution in [0, 0.1) is 12.3 Å². The predicted octanol–water partition coefficient (Wildman–Crippen LogP) is 1.26.